The first-order valence-corrected chi connectivity index (χ1v) is 6.36. The van der Waals surface area contributed by atoms with Gasteiger partial charge in [0.1, 0.15) is 0 Å². The topological polar surface area (TPSA) is 42.2 Å². The Kier molecular flexibility index (Phi) is 3.55. The van der Waals surface area contributed by atoms with Crippen LogP contribution in [0.25, 0.3) is 5.69 Å². The van der Waals surface area contributed by atoms with Gasteiger partial charge in [0.05, 0.1) is 23.8 Å². The molecule has 1 aromatic heterocycles. The van der Waals surface area contributed by atoms with Crippen molar-refractivity contribution in [3.8, 4) is 5.69 Å². The van der Waals surface area contributed by atoms with Gasteiger partial charge in [0.25, 0.3) is 0 Å². The lowest BCUT2D eigenvalue weighted by molar-refractivity contribution is 0.880. The Morgan fingerprint density at radius 1 is 0.950 bits per heavy atom. The number of anilines is 1. The SMILES string of the molecule is C(=N\Nc1ccccc1)/c1cnn(-c2ccccc2)c1. The predicted octanol–water partition coefficient (Wildman–Crippen LogP) is 3.32. The number of hydrazone groups is 1. The second kappa shape index (κ2) is 5.84. The molecule has 0 fully saturated rings. The van der Waals surface area contributed by atoms with E-state index in [1.807, 2.05) is 71.5 Å². The summed E-state index contributed by atoms with van der Waals surface area (Å²) in [5, 5.41) is 8.50. The normalized spacial score (nSPS) is 10.8. The fourth-order valence-corrected chi connectivity index (χ4v) is 1.82. The molecule has 1 heterocycles. The molecule has 98 valence electrons. The first kappa shape index (κ1) is 12.2. The summed E-state index contributed by atoms with van der Waals surface area (Å²) in [7, 11) is 0. The number of benzene rings is 2. The van der Waals surface area contributed by atoms with Gasteiger partial charge in [-0.25, -0.2) is 4.68 Å². The van der Waals surface area contributed by atoms with E-state index in [9.17, 15) is 0 Å². The highest BCUT2D eigenvalue weighted by Gasteiger charge is 1.97. The Morgan fingerprint density at radius 3 is 2.40 bits per heavy atom. The van der Waals surface area contributed by atoms with E-state index in [4.69, 9.17) is 0 Å². The van der Waals surface area contributed by atoms with Crippen LogP contribution in [0.3, 0.4) is 0 Å². The van der Waals surface area contributed by atoms with Crippen LogP contribution in [0.5, 0.6) is 0 Å². The van der Waals surface area contributed by atoms with Crippen LogP contribution in [0.1, 0.15) is 5.56 Å². The molecule has 0 saturated carbocycles. The van der Waals surface area contributed by atoms with E-state index in [1.54, 1.807) is 12.4 Å². The molecule has 3 aromatic rings. The Bertz CT molecular complexity index is 687. The number of hydrogen-bond acceptors (Lipinski definition) is 3. The molecular formula is C16H14N4. The lowest BCUT2D eigenvalue weighted by Gasteiger charge is -1.98. The molecule has 2 aromatic carbocycles. The van der Waals surface area contributed by atoms with Crippen molar-refractivity contribution in [2.75, 3.05) is 5.43 Å². The van der Waals surface area contributed by atoms with Gasteiger partial charge in [-0.3, -0.25) is 5.43 Å². The highest BCUT2D eigenvalue weighted by molar-refractivity contribution is 5.79. The van der Waals surface area contributed by atoms with Crippen molar-refractivity contribution in [2.24, 2.45) is 5.10 Å². The van der Waals surface area contributed by atoms with Crippen molar-refractivity contribution < 1.29 is 0 Å². The quantitative estimate of drug-likeness (QED) is 0.579. The zero-order valence-electron chi connectivity index (χ0n) is 10.8. The van der Waals surface area contributed by atoms with Gasteiger partial charge >= 0.3 is 0 Å². The van der Waals surface area contributed by atoms with Gasteiger partial charge in [0.15, 0.2) is 0 Å². The summed E-state index contributed by atoms with van der Waals surface area (Å²) in [6.45, 7) is 0. The third-order valence-electron chi connectivity index (χ3n) is 2.80. The number of rotatable bonds is 4. The molecule has 0 unspecified atom stereocenters. The number of hydrogen-bond donors (Lipinski definition) is 1. The van der Waals surface area contributed by atoms with Crippen molar-refractivity contribution in [3.63, 3.8) is 0 Å². The van der Waals surface area contributed by atoms with Gasteiger partial charge in [-0.2, -0.15) is 10.2 Å². The van der Waals surface area contributed by atoms with Crippen LogP contribution in [0.2, 0.25) is 0 Å². The number of para-hydroxylation sites is 2. The van der Waals surface area contributed by atoms with Crippen molar-refractivity contribution in [1.82, 2.24) is 9.78 Å². The van der Waals surface area contributed by atoms with Crippen LogP contribution in [0, 0.1) is 0 Å². The first-order chi connectivity index (χ1) is 9.92. The number of nitrogens with one attached hydrogen (secondary N) is 1. The Hall–Kier alpha value is -2.88. The smallest absolute Gasteiger partial charge is 0.0645 e. The van der Waals surface area contributed by atoms with E-state index in [0.29, 0.717) is 0 Å². The van der Waals surface area contributed by atoms with Crippen molar-refractivity contribution in [1.29, 1.82) is 0 Å². The molecule has 0 saturated heterocycles. The molecule has 4 nitrogen and oxygen atoms in total. The number of nitrogens with zero attached hydrogens (tertiary/aromatic N) is 3. The molecule has 0 bridgehead atoms. The molecule has 0 aliphatic rings. The van der Waals surface area contributed by atoms with Crippen LogP contribution >= 0.6 is 0 Å². The summed E-state index contributed by atoms with van der Waals surface area (Å²) in [6.07, 6.45) is 5.47. The van der Waals surface area contributed by atoms with E-state index in [-0.39, 0.29) is 0 Å². The average Bonchev–Trinajstić information content (AvgIpc) is 2.98. The first-order valence-electron chi connectivity index (χ1n) is 6.36. The van der Waals surface area contributed by atoms with Crippen LogP contribution in [0.15, 0.2) is 78.2 Å². The minimum atomic E-state index is 0.942. The minimum Gasteiger partial charge on any atom is -0.279 e. The molecule has 0 radical (unpaired) electrons. The second-order valence-corrected chi connectivity index (χ2v) is 4.29. The molecular weight excluding hydrogens is 248 g/mol. The van der Waals surface area contributed by atoms with Gasteiger partial charge in [-0.15, -0.1) is 0 Å². The van der Waals surface area contributed by atoms with E-state index in [0.717, 1.165) is 16.9 Å². The van der Waals surface area contributed by atoms with Crippen molar-refractivity contribution in [3.05, 3.63) is 78.6 Å². The fraction of sp³-hybridized carbons (Fsp3) is 0. The predicted molar refractivity (Wildman–Crippen MR) is 81.2 cm³/mol. The summed E-state index contributed by atoms with van der Waals surface area (Å²) >= 11 is 0. The molecule has 0 atom stereocenters. The second-order valence-electron chi connectivity index (χ2n) is 4.29. The Labute approximate surface area is 117 Å². The maximum Gasteiger partial charge on any atom is 0.0645 e. The van der Waals surface area contributed by atoms with Gasteiger partial charge in [0.2, 0.25) is 0 Å². The molecule has 0 spiro atoms. The summed E-state index contributed by atoms with van der Waals surface area (Å²) in [5.41, 5.74) is 5.90. The molecule has 0 aliphatic heterocycles. The third kappa shape index (κ3) is 2.92. The average molecular weight is 262 g/mol. The summed E-state index contributed by atoms with van der Waals surface area (Å²) < 4.78 is 1.82. The molecule has 0 aliphatic carbocycles. The maximum absolute atomic E-state index is 4.31. The van der Waals surface area contributed by atoms with Crippen molar-refractivity contribution in [2.45, 2.75) is 0 Å². The third-order valence-corrected chi connectivity index (χ3v) is 2.80. The molecule has 0 amide bonds. The zero-order chi connectivity index (χ0) is 13.6. The fourth-order valence-electron chi connectivity index (χ4n) is 1.82. The van der Waals surface area contributed by atoms with E-state index in [1.165, 1.54) is 0 Å². The molecule has 4 heteroatoms. The highest BCUT2D eigenvalue weighted by atomic mass is 15.3. The van der Waals surface area contributed by atoms with Gasteiger partial charge < -0.3 is 0 Å². The lowest BCUT2D eigenvalue weighted by atomic mass is 10.3. The lowest BCUT2D eigenvalue weighted by Crippen LogP contribution is -1.93. The van der Waals surface area contributed by atoms with E-state index < -0.39 is 0 Å². The van der Waals surface area contributed by atoms with Crippen LogP contribution in [0.4, 0.5) is 5.69 Å². The van der Waals surface area contributed by atoms with Crippen molar-refractivity contribution >= 4 is 11.9 Å². The summed E-state index contributed by atoms with van der Waals surface area (Å²) in [4.78, 5) is 0. The summed E-state index contributed by atoms with van der Waals surface area (Å²) in [6, 6.07) is 19.8. The van der Waals surface area contributed by atoms with Gasteiger partial charge in [0, 0.05) is 11.8 Å². The van der Waals surface area contributed by atoms with Crippen LogP contribution in [-0.2, 0) is 0 Å². The van der Waals surface area contributed by atoms with E-state index >= 15 is 0 Å². The molecule has 1 N–H and O–H groups in total. The highest BCUT2D eigenvalue weighted by Crippen LogP contribution is 2.07. The Balaban J connectivity index is 1.69. The Morgan fingerprint density at radius 2 is 1.65 bits per heavy atom. The zero-order valence-corrected chi connectivity index (χ0v) is 10.8. The number of aromatic nitrogens is 2. The van der Waals surface area contributed by atoms with Gasteiger partial charge in [-0.1, -0.05) is 36.4 Å². The summed E-state index contributed by atoms with van der Waals surface area (Å²) in [5.74, 6) is 0. The van der Waals surface area contributed by atoms with Crippen LogP contribution < -0.4 is 5.43 Å². The minimum absolute atomic E-state index is 0.942. The monoisotopic (exact) mass is 262 g/mol. The standard InChI is InChI=1S/C16H14N4/c1-3-7-15(8-4-1)19-17-11-14-12-18-20(13-14)16-9-5-2-6-10-16/h1-13,19H/b17-11+. The van der Waals surface area contributed by atoms with Crippen LogP contribution in [-0.4, -0.2) is 16.0 Å². The molecule has 3 rings (SSSR count). The van der Waals surface area contributed by atoms with Gasteiger partial charge in [-0.05, 0) is 24.3 Å². The van der Waals surface area contributed by atoms with E-state index in [2.05, 4.69) is 15.6 Å². The molecule has 20 heavy (non-hydrogen) atoms. The maximum atomic E-state index is 4.31. The largest absolute Gasteiger partial charge is 0.279 e.